The summed E-state index contributed by atoms with van der Waals surface area (Å²) in [5.74, 6) is -0.416. The molecule has 2 amide bonds. The molecule has 0 heterocycles. The Morgan fingerprint density at radius 1 is 1.47 bits per heavy atom. The summed E-state index contributed by atoms with van der Waals surface area (Å²) in [5.41, 5.74) is 6.18. The Morgan fingerprint density at radius 3 is 2.80 bits per heavy atom. The summed E-state index contributed by atoms with van der Waals surface area (Å²) < 4.78 is 12.7. The summed E-state index contributed by atoms with van der Waals surface area (Å²) in [5, 5.41) is 5.31. The van der Waals surface area contributed by atoms with Gasteiger partial charge in [0.15, 0.2) is 0 Å². The number of nitrogens with two attached hydrogens (primary N) is 1. The zero-order valence-corrected chi connectivity index (χ0v) is 8.09. The second kappa shape index (κ2) is 3.76. The highest BCUT2D eigenvalue weighted by atomic mass is 19.1. The maximum absolute atomic E-state index is 12.7. The van der Waals surface area contributed by atoms with E-state index in [9.17, 15) is 9.18 Å². The molecule has 0 saturated heterocycles. The van der Waals surface area contributed by atoms with Crippen LogP contribution in [0.2, 0.25) is 0 Å². The molecule has 5 heteroatoms. The SMILES string of the molecule is Nc1cc(F)ccc1NC(=O)NC1CC1. The first kappa shape index (κ1) is 9.76. The van der Waals surface area contributed by atoms with Gasteiger partial charge in [0.05, 0.1) is 11.4 Å². The average molecular weight is 209 g/mol. The minimum atomic E-state index is -0.416. The lowest BCUT2D eigenvalue weighted by atomic mass is 10.2. The van der Waals surface area contributed by atoms with Crippen LogP contribution in [0.15, 0.2) is 18.2 Å². The van der Waals surface area contributed by atoms with Crippen LogP contribution in [0.3, 0.4) is 0 Å². The van der Waals surface area contributed by atoms with Crippen LogP contribution >= 0.6 is 0 Å². The van der Waals surface area contributed by atoms with Crippen molar-refractivity contribution in [3.63, 3.8) is 0 Å². The van der Waals surface area contributed by atoms with E-state index in [4.69, 9.17) is 5.73 Å². The van der Waals surface area contributed by atoms with Crippen molar-refractivity contribution in [1.82, 2.24) is 5.32 Å². The molecular weight excluding hydrogens is 197 g/mol. The van der Waals surface area contributed by atoms with Crippen molar-refractivity contribution in [2.45, 2.75) is 18.9 Å². The molecule has 0 unspecified atom stereocenters. The van der Waals surface area contributed by atoms with Gasteiger partial charge in [0, 0.05) is 6.04 Å². The molecule has 4 N–H and O–H groups in total. The summed E-state index contributed by atoms with van der Waals surface area (Å²) in [6.45, 7) is 0. The second-order valence-corrected chi connectivity index (χ2v) is 3.60. The van der Waals surface area contributed by atoms with Crippen molar-refractivity contribution in [1.29, 1.82) is 0 Å². The van der Waals surface area contributed by atoms with E-state index in [0.717, 1.165) is 12.8 Å². The Kier molecular flexibility index (Phi) is 2.45. The second-order valence-electron chi connectivity index (χ2n) is 3.60. The maximum atomic E-state index is 12.7. The van der Waals surface area contributed by atoms with E-state index in [-0.39, 0.29) is 17.8 Å². The third-order valence-corrected chi connectivity index (χ3v) is 2.17. The molecule has 1 saturated carbocycles. The molecule has 0 aliphatic heterocycles. The number of carbonyl (C=O) groups excluding carboxylic acids is 1. The van der Waals surface area contributed by atoms with Crippen LogP contribution in [0.4, 0.5) is 20.6 Å². The Bertz CT molecular complexity index is 390. The Hall–Kier alpha value is -1.78. The number of carbonyl (C=O) groups is 1. The molecule has 0 atom stereocenters. The summed E-state index contributed by atoms with van der Waals surface area (Å²) >= 11 is 0. The van der Waals surface area contributed by atoms with E-state index < -0.39 is 5.82 Å². The highest BCUT2D eigenvalue weighted by Crippen LogP contribution is 2.21. The predicted molar refractivity (Wildman–Crippen MR) is 56.0 cm³/mol. The lowest BCUT2D eigenvalue weighted by molar-refractivity contribution is 0.251. The standard InChI is InChI=1S/C10H12FN3O/c11-6-1-4-9(8(12)5-6)14-10(15)13-7-2-3-7/h1,4-5,7H,2-3,12H2,(H2,13,14,15). The summed E-state index contributed by atoms with van der Waals surface area (Å²) in [4.78, 5) is 11.3. The van der Waals surface area contributed by atoms with E-state index in [1.54, 1.807) is 0 Å². The zero-order valence-electron chi connectivity index (χ0n) is 8.09. The van der Waals surface area contributed by atoms with Gasteiger partial charge in [-0.2, -0.15) is 0 Å². The van der Waals surface area contributed by atoms with Crippen molar-refractivity contribution in [2.75, 3.05) is 11.1 Å². The summed E-state index contributed by atoms with van der Waals surface area (Å²) in [6.07, 6.45) is 2.04. The van der Waals surface area contributed by atoms with Gasteiger partial charge in [-0.3, -0.25) is 0 Å². The van der Waals surface area contributed by atoms with Crippen molar-refractivity contribution in [3.8, 4) is 0 Å². The summed E-state index contributed by atoms with van der Waals surface area (Å²) in [7, 11) is 0. The van der Waals surface area contributed by atoms with Crippen LogP contribution in [-0.4, -0.2) is 12.1 Å². The number of nitrogens with one attached hydrogen (secondary N) is 2. The van der Waals surface area contributed by atoms with Gasteiger partial charge in [0.1, 0.15) is 5.82 Å². The van der Waals surface area contributed by atoms with Gasteiger partial charge in [-0.1, -0.05) is 0 Å². The monoisotopic (exact) mass is 209 g/mol. The smallest absolute Gasteiger partial charge is 0.319 e. The number of urea groups is 1. The van der Waals surface area contributed by atoms with Crippen LogP contribution in [0.25, 0.3) is 0 Å². The topological polar surface area (TPSA) is 67.1 Å². The van der Waals surface area contributed by atoms with E-state index >= 15 is 0 Å². The van der Waals surface area contributed by atoms with E-state index in [0.29, 0.717) is 5.69 Å². The molecular formula is C10H12FN3O. The van der Waals surface area contributed by atoms with Crippen molar-refractivity contribution >= 4 is 17.4 Å². The van der Waals surface area contributed by atoms with Gasteiger partial charge in [-0.05, 0) is 31.0 Å². The van der Waals surface area contributed by atoms with Crippen molar-refractivity contribution in [3.05, 3.63) is 24.0 Å². The van der Waals surface area contributed by atoms with Crippen LogP contribution in [0, 0.1) is 5.82 Å². The first-order chi connectivity index (χ1) is 7.15. The third kappa shape index (κ3) is 2.59. The molecule has 80 valence electrons. The molecule has 1 aromatic carbocycles. The van der Waals surface area contributed by atoms with Crippen LogP contribution in [0.5, 0.6) is 0 Å². The number of amides is 2. The zero-order chi connectivity index (χ0) is 10.8. The van der Waals surface area contributed by atoms with Crippen LogP contribution in [0.1, 0.15) is 12.8 Å². The van der Waals surface area contributed by atoms with Gasteiger partial charge < -0.3 is 16.4 Å². The lowest BCUT2D eigenvalue weighted by Crippen LogP contribution is -2.30. The Labute approximate surface area is 86.7 Å². The number of benzene rings is 1. The lowest BCUT2D eigenvalue weighted by Gasteiger charge is -2.08. The maximum Gasteiger partial charge on any atom is 0.319 e. The van der Waals surface area contributed by atoms with Gasteiger partial charge in [-0.25, -0.2) is 9.18 Å². The van der Waals surface area contributed by atoms with Crippen molar-refractivity contribution < 1.29 is 9.18 Å². The highest BCUT2D eigenvalue weighted by molar-refractivity contribution is 5.92. The molecule has 1 fully saturated rings. The van der Waals surface area contributed by atoms with Crippen molar-refractivity contribution in [2.24, 2.45) is 0 Å². The summed E-state index contributed by atoms with van der Waals surface area (Å²) in [6, 6.07) is 3.86. The fraction of sp³-hybridized carbons (Fsp3) is 0.300. The predicted octanol–water partition coefficient (Wildman–Crippen LogP) is 1.69. The molecule has 0 spiro atoms. The highest BCUT2D eigenvalue weighted by Gasteiger charge is 2.23. The molecule has 0 aromatic heterocycles. The van der Waals surface area contributed by atoms with Gasteiger partial charge in [-0.15, -0.1) is 0 Å². The van der Waals surface area contributed by atoms with Gasteiger partial charge >= 0.3 is 6.03 Å². The Balaban J connectivity index is 1.99. The molecule has 2 rings (SSSR count). The van der Waals surface area contributed by atoms with E-state index in [2.05, 4.69) is 10.6 Å². The molecule has 1 aromatic rings. The number of halogens is 1. The van der Waals surface area contributed by atoms with Gasteiger partial charge in [0.2, 0.25) is 0 Å². The molecule has 1 aliphatic carbocycles. The fourth-order valence-corrected chi connectivity index (χ4v) is 1.22. The Morgan fingerprint density at radius 2 is 2.20 bits per heavy atom. The average Bonchev–Trinajstić information content (AvgIpc) is 2.94. The molecule has 15 heavy (non-hydrogen) atoms. The first-order valence-corrected chi connectivity index (χ1v) is 4.77. The number of rotatable bonds is 2. The van der Waals surface area contributed by atoms with E-state index in [1.807, 2.05) is 0 Å². The van der Waals surface area contributed by atoms with Gasteiger partial charge in [0.25, 0.3) is 0 Å². The number of hydrogen-bond donors (Lipinski definition) is 3. The minimum Gasteiger partial charge on any atom is -0.397 e. The largest absolute Gasteiger partial charge is 0.397 e. The van der Waals surface area contributed by atoms with E-state index in [1.165, 1.54) is 18.2 Å². The number of hydrogen-bond acceptors (Lipinski definition) is 2. The fourth-order valence-electron chi connectivity index (χ4n) is 1.22. The normalized spacial score (nSPS) is 14.7. The molecule has 4 nitrogen and oxygen atoms in total. The minimum absolute atomic E-state index is 0.223. The first-order valence-electron chi connectivity index (χ1n) is 4.77. The quantitative estimate of drug-likeness (QED) is 0.649. The number of anilines is 2. The van der Waals surface area contributed by atoms with Crippen LogP contribution in [-0.2, 0) is 0 Å². The molecule has 0 bridgehead atoms. The molecule has 0 radical (unpaired) electrons. The molecule has 1 aliphatic rings. The number of nitrogen functional groups attached to an aromatic ring is 1. The van der Waals surface area contributed by atoms with Crippen LogP contribution < -0.4 is 16.4 Å². The third-order valence-electron chi connectivity index (χ3n) is 2.17.